The van der Waals surface area contributed by atoms with Crippen LogP contribution in [0.2, 0.25) is 0 Å². The number of hydrogen-bond donors (Lipinski definition) is 2. The van der Waals surface area contributed by atoms with E-state index in [0.717, 1.165) is 38.1 Å². The van der Waals surface area contributed by atoms with Crippen molar-refractivity contribution in [1.82, 2.24) is 0 Å². The lowest BCUT2D eigenvalue weighted by molar-refractivity contribution is -0.384. The Morgan fingerprint density at radius 3 is 2.74 bits per heavy atom. The predicted molar refractivity (Wildman–Crippen MR) is 76.3 cm³/mol. The number of nitro benzene ring substituents is 1. The average molecular weight is 267 g/mol. The van der Waals surface area contributed by atoms with Gasteiger partial charge >= 0.3 is 0 Å². The lowest BCUT2D eigenvalue weighted by Gasteiger charge is -2.09. The number of rotatable bonds is 9. The lowest BCUT2D eigenvalue weighted by Crippen LogP contribution is -2.08. The average Bonchev–Trinajstić information content (AvgIpc) is 2.39. The minimum Gasteiger partial charge on any atom is -0.397 e. The third kappa shape index (κ3) is 5.56. The summed E-state index contributed by atoms with van der Waals surface area (Å²) in [6, 6.07) is 4.43. The molecule has 0 aliphatic carbocycles. The van der Waals surface area contributed by atoms with E-state index in [0.29, 0.717) is 12.3 Å². The Labute approximate surface area is 113 Å². The van der Waals surface area contributed by atoms with Crippen molar-refractivity contribution < 1.29 is 9.66 Å². The highest BCUT2D eigenvalue weighted by molar-refractivity contribution is 5.69. The van der Waals surface area contributed by atoms with Crippen LogP contribution >= 0.6 is 0 Å². The van der Waals surface area contributed by atoms with Crippen molar-refractivity contribution in [1.29, 1.82) is 0 Å². The van der Waals surface area contributed by atoms with Crippen LogP contribution in [0.15, 0.2) is 18.2 Å². The normalized spacial score (nSPS) is 10.4. The van der Waals surface area contributed by atoms with Crippen LogP contribution in [0, 0.1) is 10.1 Å². The molecule has 0 heterocycles. The standard InChI is InChI=1S/C13H21N3O3/c1-2-3-8-19-9-4-7-15-13-6-5-11(16(17)18)10-12(13)14/h5-6,10,15H,2-4,7-9,14H2,1H3. The number of nitrogens with one attached hydrogen (secondary N) is 1. The first-order valence-electron chi connectivity index (χ1n) is 6.50. The molecule has 0 saturated heterocycles. The monoisotopic (exact) mass is 267 g/mol. The van der Waals surface area contributed by atoms with Gasteiger partial charge in [-0.15, -0.1) is 0 Å². The van der Waals surface area contributed by atoms with Gasteiger partial charge in [-0.3, -0.25) is 10.1 Å². The van der Waals surface area contributed by atoms with Crippen molar-refractivity contribution in [3.05, 3.63) is 28.3 Å². The van der Waals surface area contributed by atoms with Gasteiger partial charge in [-0.05, 0) is 18.9 Å². The van der Waals surface area contributed by atoms with Gasteiger partial charge in [0.1, 0.15) is 0 Å². The molecule has 1 aromatic rings. The molecular formula is C13H21N3O3. The SMILES string of the molecule is CCCCOCCCNc1ccc([N+](=O)[O-])cc1N. The van der Waals surface area contributed by atoms with Crippen LogP contribution < -0.4 is 11.1 Å². The molecule has 0 aliphatic rings. The summed E-state index contributed by atoms with van der Waals surface area (Å²) >= 11 is 0. The summed E-state index contributed by atoms with van der Waals surface area (Å²) in [4.78, 5) is 10.1. The number of ether oxygens (including phenoxy) is 1. The van der Waals surface area contributed by atoms with Crippen LogP contribution in [0.3, 0.4) is 0 Å². The van der Waals surface area contributed by atoms with Gasteiger partial charge in [0.05, 0.1) is 16.3 Å². The van der Waals surface area contributed by atoms with Gasteiger partial charge in [-0.25, -0.2) is 0 Å². The van der Waals surface area contributed by atoms with Crippen LogP contribution in [0.4, 0.5) is 17.1 Å². The van der Waals surface area contributed by atoms with E-state index in [2.05, 4.69) is 12.2 Å². The number of non-ortho nitro benzene ring substituents is 1. The quantitative estimate of drug-likeness (QED) is 0.311. The summed E-state index contributed by atoms with van der Waals surface area (Å²) in [5.74, 6) is 0. The van der Waals surface area contributed by atoms with E-state index < -0.39 is 4.92 Å². The first-order chi connectivity index (χ1) is 9.15. The maximum absolute atomic E-state index is 10.6. The van der Waals surface area contributed by atoms with E-state index in [9.17, 15) is 10.1 Å². The minimum absolute atomic E-state index is 0.00551. The van der Waals surface area contributed by atoms with Crippen molar-refractivity contribution in [3.63, 3.8) is 0 Å². The van der Waals surface area contributed by atoms with Gasteiger partial charge in [0.15, 0.2) is 0 Å². The Kier molecular flexibility index (Phi) is 6.67. The number of nitrogens with two attached hydrogens (primary N) is 1. The van der Waals surface area contributed by atoms with E-state index in [1.54, 1.807) is 6.07 Å². The summed E-state index contributed by atoms with van der Waals surface area (Å²) in [6.45, 7) is 4.37. The molecular weight excluding hydrogens is 246 g/mol. The number of unbranched alkanes of at least 4 members (excludes halogenated alkanes) is 1. The molecule has 0 bridgehead atoms. The summed E-state index contributed by atoms with van der Waals surface area (Å²) in [5.41, 5.74) is 6.86. The Morgan fingerprint density at radius 1 is 1.37 bits per heavy atom. The van der Waals surface area contributed by atoms with Crippen LogP contribution in [0.1, 0.15) is 26.2 Å². The zero-order chi connectivity index (χ0) is 14.1. The number of nitro groups is 1. The van der Waals surface area contributed by atoms with E-state index in [1.165, 1.54) is 12.1 Å². The van der Waals surface area contributed by atoms with E-state index >= 15 is 0 Å². The van der Waals surface area contributed by atoms with Crippen LogP contribution in [0.5, 0.6) is 0 Å². The molecule has 0 unspecified atom stereocenters. The molecule has 1 rings (SSSR count). The minimum atomic E-state index is -0.457. The fourth-order valence-corrected chi connectivity index (χ4v) is 1.57. The van der Waals surface area contributed by atoms with Gasteiger partial charge in [0.25, 0.3) is 5.69 Å². The summed E-state index contributed by atoms with van der Waals surface area (Å²) in [5, 5.41) is 13.7. The number of hydrogen-bond acceptors (Lipinski definition) is 5. The molecule has 0 aliphatic heterocycles. The summed E-state index contributed by atoms with van der Waals surface area (Å²) in [7, 11) is 0. The highest BCUT2D eigenvalue weighted by Gasteiger charge is 2.07. The summed E-state index contributed by atoms with van der Waals surface area (Å²) < 4.78 is 5.43. The van der Waals surface area contributed by atoms with Crippen molar-refractivity contribution in [2.45, 2.75) is 26.2 Å². The third-order valence-electron chi connectivity index (χ3n) is 2.67. The molecule has 19 heavy (non-hydrogen) atoms. The van der Waals surface area contributed by atoms with Crippen molar-refractivity contribution in [2.75, 3.05) is 30.8 Å². The number of anilines is 2. The predicted octanol–water partition coefficient (Wildman–Crippen LogP) is 2.80. The third-order valence-corrected chi connectivity index (χ3v) is 2.67. The highest BCUT2D eigenvalue weighted by atomic mass is 16.6. The molecule has 0 atom stereocenters. The molecule has 3 N–H and O–H groups in total. The Hall–Kier alpha value is -1.82. The first-order valence-corrected chi connectivity index (χ1v) is 6.50. The molecule has 0 spiro atoms. The van der Waals surface area contributed by atoms with Gasteiger partial charge in [-0.2, -0.15) is 0 Å². The molecule has 0 radical (unpaired) electrons. The smallest absolute Gasteiger partial charge is 0.271 e. The number of nitrogen functional groups attached to an aromatic ring is 1. The van der Waals surface area contributed by atoms with Crippen molar-refractivity contribution in [3.8, 4) is 0 Å². The van der Waals surface area contributed by atoms with Crippen LogP contribution in [-0.2, 0) is 4.74 Å². The first kappa shape index (κ1) is 15.2. The van der Waals surface area contributed by atoms with Crippen LogP contribution in [-0.4, -0.2) is 24.7 Å². The highest BCUT2D eigenvalue weighted by Crippen LogP contribution is 2.23. The zero-order valence-electron chi connectivity index (χ0n) is 11.2. The molecule has 0 amide bonds. The molecule has 0 aromatic heterocycles. The maximum Gasteiger partial charge on any atom is 0.271 e. The van der Waals surface area contributed by atoms with Gasteiger partial charge < -0.3 is 15.8 Å². The molecule has 6 heteroatoms. The van der Waals surface area contributed by atoms with Gasteiger partial charge in [0.2, 0.25) is 0 Å². The lowest BCUT2D eigenvalue weighted by atomic mass is 10.2. The van der Waals surface area contributed by atoms with E-state index in [-0.39, 0.29) is 5.69 Å². The maximum atomic E-state index is 10.6. The largest absolute Gasteiger partial charge is 0.397 e. The van der Waals surface area contributed by atoms with Crippen LogP contribution in [0.25, 0.3) is 0 Å². The van der Waals surface area contributed by atoms with E-state index in [4.69, 9.17) is 10.5 Å². The molecule has 1 aromatic carbocycles. The zero-order valence-corrected chi connectivity index (χ0v) is 11.2. The molecule has 0 fully saturated rings. The van der Waals surface area contributed by atoms with Crippen molar-refractivity contribution in [2.24, 2.45) is 0 Å². The van der Waals surface area contributed by atoms with Crippen molar-refractivity contribution >= 4 is 17.1 Å². The van der Waals surface area contributed by atoms with Gasteiger partial charge in [0, 0.05) is 31.9 Å². The molecule has 6 nitrogen and oxygen atoms in total. The Morgan fingerprint density at radius 2 is 2.11 bits per heavy atom. The second-order valence-electron chi connectivity index (χ2n) is 4.27. The summed E-state index contributed by atoms with van der Waals surface area (Å²) in [6.07, 6.45) is 3.10. The Balaban J connectivity index is 2.28. The fourth-order valence-electron chi connectivity index (χ4n) is 1.57. The number of benzene rings is 1. The second-order valence-corrected chi connectivity index (χ2v) is 4.27. The van der Waals surface area contributed by atoms with E-state index in [1.807, 2.05) is 0 Å². The molecule has 106 valence electrons. The van der Waals surface area contributed by atoms with Gasteiger partial charge in [-0.1, -0.05) is 13.3 Å². The molecule has 0 saturated carbocycles. The topological polar surface area (TPSA) is 90.4 Å². The fraction of sp³-hybridized carbons (Fsp3) is 0.538. The second kappa shape index (κ2) is 8.31. The Bertz CT molecular complexity index is 410. The number of nitrogens with zero attached hydrogens (tertiary/aromatic N) is 1.